The molecule has 4 heterocycles. The third kappa shape index (κ3) is 6.18. The molecule has 13 heteroatoms. The number of benzene rings is 1. The first kappa shape index (κ1) is 27.4. The molecule has 1 aromatic carbocycles. The van der Waals surface area contributed by atoms with Gasteiger partial charge in [0.2, 0.25) is 11.5 Å². The highest BCUT2D eigenvalue weighted by atomic mass is 19.4. The van der Waals surface area contributed by atoms with E-state index in [2.05, 4.69) is 20.6 Å². The van der Waals surface area contributed by atoms with E-state index in [0.717, 1.165) is 12.8 Å². The molecule has 0 aliphatic carbocycles. The van der Waals surface area contributed by atoms with Crippen molar-refractivity contribution in [2.45, 2.75) is 38.4 Å². The molecule has 2 N–H and O–H groups in total. The van der Waals surface area contributed by atoms with Crippen LogP contribution in [0.3, 0.4) is 0 Å². The minimum Gasteiger partial charge on any atom is -0.420 e. The Hall–Kier alpha value is -4.16. The summed E-state index contributed by atoms with van der Waals surface area (Å²) in [7, 11) is 0. The number of halogens is 4. The van der Waals surface area contributed by atoms with Crippen LogP contribution in [0.1, 0.15) is 41.6 Å². The number of alkyl halides is 3. The van der Waals surface area contributed by atoms with E-state index in [0.29, 0.717) is 37.6 Å². The molecule has 0 spiro atoms. The molecule has 2 aliphatic heterocycles. The lowest BCUT2D eigenvalue weighted by Gasteiger charge is -2.40. The van der Waals surface area contributed by atoms with Crippen LogP contribution in [0.5, 0.6) is 0 Å². The van der Waals surface area contributed by atoms with Crippen LogP contribution in [-0.4, -0.2) is 54.0 Å². The summed E-state index contributed by atoms with van der Waals surface area (Å²) in [6.07, 6.45) is -1.96. The quantitative estimate of drug-likeness (QED) is 0.313. The van der Waals surface area contributed by atoms with Crippen LogP contribution in [0.4, 0.5) is 39.9 Å². The Kier molecular flexibility index (Phi) is 7.63. The fourth-order valence-corrected chi connectivity index (χ4v) is 4.83. The van der Waals surface area contributed by atoms with Gasteiger partial charge in [-0.3, -0.25) is 4.79 Å². The summed E-state index contributed by atoms with van der Waals surface area (Å²) < 4.78 is 60.1. The summed E-state index contributed by atoms with van der Waals surface area (Å²) in [6, 6.07) is 8.22. The Labute approximate surface area is 227 Å². The average Bonchev–Trinajstić information content (AvgIpc) is 3.35. The van der Waals surface area contributed by atoms with Gasteiger partial charge in [-0.25, -0.2) is 14.2 Å². The third-order valence-corrected chi connectivity index (χ3v) is 6.90. The van der Waals surface area contributed by atoms with Crippen LogP contribution in [0, 0.1) is 11.7 Å². The zero-order chi connectivity index (χ0) is 28.4. The second-order valence-electron chi connectivity index (χ2n) is 10.2. The number of hydrogen-bond acceptors (Lipinski definition) is 7. The molecule has 2 saturated heterocycles. The number of Topliss-reactive ketones (excluding diaryl/α,β-unsaturated/α-hetero) is 1. The Bertz CT molecular complexity index is 1370. The minimum absolute atomic E-state index is 0.0768. The van der Waals surface area contributed by atoms with Crippen molar-refractivity contribution in [1.29, 1.82) is 0 Å². The van der Waals surface area contributed by atoms with E-state index in [1.54, 1.807) is 23.1 Å². The van der Waals surface area contributed by atoms with Gasteiger partial charge >= 0.3 is 12.2 Å². The van der Waals surface area contributed by atoms with Crippen molar-refractivity contribution in [1.82, 2.24) is 15.3 Å². The van der Waals surface area contributed by atoms with Crippen molar-refractivity contribution in [2.75, 3.05) is 41.3 Å². The van der Waals surface area contributed by atoms with Crippen LogP contribution >= 0.6 is 0 Å². The molecule has 2 aromatic heterocycles. The molecular formula is C27H28F4N6O3. The summed E-state index contributed by atoms with van der Waals surface area (Å²) >= 11 is 0. The van der Waals surface area contributed by atoms with E-state index in [-0.39, 0.29) is 30.1 Å². The molecule has 5 rings (SSSR count). The number of aromatic nitrogens is 2. The molecule has 0 bridgehead atoms. The number of oxazole rings is 1. The predicted octanol–water partition coefficient (Wildman–Crippen LogP) is 4.90. The molecule has 2 aliphatic rings. The van der Waals surface area contributed by atoms with Crippen LogP contribution in [0.2, 0.25) is 0 Å². The molecule has 3 aromatic rings. The summed E-state index contributed by atoms with van der Waals surface area (Å²) in [6.45, 7) is 3.95. The van der Waals surface area contributed by atoms with Gasteiger partial charge in [0.15, 0.2) is 5.69 Å². The van der Waals surface area contributed by atoms with E-state index in [9.17, 15) is 27.2 Å². The third-order valence-electron chi connectivity index (χ3n) is 6.90. The largest absolute Gasteiger partial charge is 0.437 e. The number of anilines is 3. The van der Waals surface area contributed by atoms with Crippen molar-refractivity contribution in [3.05, 3.63) is 65.4 Å². The number of pyridine rings is 1. The lowest BCUT2D eigenvalue weighted by Crippen LogP contribution is -2.60. The van der Waals surface area contributed by atoms with Gasteiger partial charge in [-0.05, 0) is 42.5 Å². The van der Waals surface area contributed by atoms with Gasteiger partial charge in [-0.15, -0.1) is 0 Å². The highest BCUT2D eigenvalue weighted by Gasteiger charge is 2.42. The number of hydrogen-bond donors (Lipinski definition) is 2. The summed E-state index contributed by atoms with van der Waals surface area (Å²) in [5.74, 6) is -1.30. The maximum atomic E-state index is 13.7. The lowest BCUT2D eigenvalue weighted by atomic mass is 10.0. The van der Waals surface area contributed by atoms with Gasteiger partial charge in [0.25, 0.3) is 6.01 Å². The summed E-state index contributed by atoms with van der Waals surface area (Å²) in [4.78, 5) is 36.5. The van der Waals surface area contributed by atoms with Crippen LogP contribution in [0.15, 0.2) is 47.0 Å². The van der Waals surface area contributed by atoms with E-state index in [1.165, 1.54) is 24.4 Å². The molecule has 40 heavy (non-hydrogen) atoms. The molecule has 9 nitrogen and oxygen atoms in total. The van der Waals surface area contributed by atoms with Gasteiger partial charge in [-0.1, -0.05) is 25.1 Å². The number of ketones is 1. The molecule has 0 radical (unpaired) electrons. The topological polar surface area (TPSA) is 104 Å². The molecule has 1 atom stereocenters. The number of para-hydroxylation sites is 1. The molecule has 212 valence electrons. The number of urea groups is 1. The first-order valence-electron chi connectivity index (χ1n) is 12.9. The number of rotatable bonds is 7. The zero-order valence-corrected chi connectivity index (χ0v) is 21.7. The monoisotopic (exact) mass is 560 g/mol. The van der Waals surface area contributed by atoms with Crippen LogP contribution in [-0.2, 0) is 12.6 Å². The fraction of sp³-hybridized carbons (Fsp3) is 0.407. The van der Waals surface area contributed by atoms with Crippen LogP contribution in [0.25, 0.3) is 0 Å². The average molecular weight is 561 g/mol. The van der Waals surface area contributed by atoms with E-state index in [4.69, 9.17) is 4.42 Å². The van der Waals surface area contributed by atoms with Gasteiger partial charge in [0, 0.05) is 38.8 Å². The maximum absolute atomic E-state index is 13.7. The predicted molar refractivity (Wildman–Crippen MR) is 139 cm³/mol. The standard InChI is InChI=1S/C27H28F4N6O3/c1-16-5-4-10-36(13-16)26-35-24(27(29,30)31)23(40-26)21(38)11-17-8-9-22(32-12-17)37-14-18(15-37)33-25(39)34-20-7-3-2-6-19(20)28/h2-3,6-9,12,16,18H,4-5,10-11,13-15H2,1H3,(H2,33,34,39). The smallest absolute Gasteiger partial charge is 0.420 e. The highest BCUT2D eigenvalue weighted by molar-refractivity contribution is 5.96. The molecule has 2 fully saturated rings. The molecule has 1 unspecified atom stereocenters. The number of carbonyl (C=O) groups is 2. The minimum atomic E-state index is -4.83. The van der Waals surface area contributed by atoms with E-state index < -0.39 is 35.3 Å². The zero-order valence-electron chi connectivity index (χ0n) is 21.7. The number of carbonyl (C=O) groups excluding carboxylic acids is 2. The van der Waals surface area contributed by atoms with E-state index in [1.807, 2.05) is 11.8 Å². The first-order chi connectivity index (χ1) is 19.1. The Morgan fingerprint density at radius 1 is 1.10 bits per heavy atom. The van der Waals surface area contributed by atoms with Crippen molar-refractivity contribution < 1.29 is 31.6 Å². The van der Waals surface area contributed by atoms with Crippen LogP contribution < -0.4 is 20.4 Å². The molecular weight excluding hydrogens is 532 g/mol. The normalized spacial score (nSPS) is 17.9. The Morgan fingerprint density at radius 3 is 2.55 bits per heavy atom. The highest BCUT2D eigenvalue weighted by Crippen LogP contribution is 2.35. The van der Waals surface area contributed by atoms with Crippen molar-refractivity contribution in [3.63, 3.8) is 0 Å². The van der Waals surface area contributed by atoms with Crippen molar-refractivity contribution in [3.8, 4) is 0 Å². The maximum Gasteiger partial charge on any atom is 0.437 e. The van der Waals surface area contributed by atoms with Crippen molar-refractivity contribution >= 4 is 29.3 Å². The van der Waals surface area contributed by atoms with Gasteiger partial charge in [-0.2, -0.15) is 18.2 Å². The number of piperidine rings is 1. The van der Waals surface area contributed by atoms with Gasteiger partial charge in [0.05, 0.1) is 11.7 Å². The second kappa shape index (κ2) is 11.1. The summed E-state index contributed by atoms with van der Waals surface area (Å²) in [5, 5.41) is 5.21. The van der Waals surface area contributed by atoms with E-state index >= 15 is 0 Å². The second-order valence-corrected chi connectivity index (χ2v) is 10.2. The number of amides is 2. The van der Waals surface area contributed by atoms with Crippen molar-refractivity contribution in [2.24, 2.45) is 5.92 Å². The Balaban J connectivity index is 1.17. The molecule has 2 amide bonds. The van der Waals surface area contributed by atoms with Gasteiger partial charge < -0.3 is 24.9 Å². The molecule has 0 saturated carbocycles. The van der Waals surface area contributed by atoms with Gasteiger partial charge in [0.1, 0.15) is 11.6 Å². The number of nitrogens with zero attached hydrogens (tertiary/aromatic N) is 4. The fourth-order valence-electron chi connectivity index (χ4n) is 4.83. The number of nitrogens with one attached hydrogen (secondary N) is 2. The Morgan fingerprint density at radius 2 is 1.88 bits per heavy atom. The lowest BCUT2D eigenvalue weighted by molar-refractivity contribution is -0.141. The summed E-state index contributed by atoms with van der Waals surface area (Å²) in [5.41, 5.74) is -0.813. The first-order valence-corrected chi connectivity index (χ1v) is 12.9. The SMILES string of the molecule is CC1CCCN(c2nc(C(F)(F)F)c(C(=O)Cc3ccc(N4CC(NC(=O)Nc5ccccc5F)C4)nc3)o2)C1.